The number of rotatable bonds is 7. The second-order valence-electron chi connectivity index (χ2n) is 7.36. The van der Waals surface area contributed by atoms with Crippen LogP contribution in [0, 0.1) is 0 Å². The second kappa shape index (κ2) is 9.08. The molecular weight excluding hydrogens is 470 g/mol. The number of nitrogens with one attached hydrogen (secondary N) is 2. The molecule has 1 atom stereocenters. The summed E-state index contributed by atoms with van der Waals surface area (Å²) in [6, 6.07) is 16.7. The number of sulfone groups is 2. The normalized spacial score (nSPS) is 17.8. The zero-order valence-electron chi connectivity index (χ0n) is 16.9. The molecule has 2 N–H and O–H groups in total. The zero-order valence-corrected chi connectivity index (χ0v) is 19.3. The first-order valence-corrected chi connectivity index (χ1v) is 14.1. The van der Waals surface area contributed by atoms with Crippen molar-refractivity contribution in [3.05, 3.63) is 60.7 Å². The molecular formula is C21H21N3O5S3. The average Bonchev–Trinajstić information content (AvgIpc) is 3.37. The fourth-order valence-electron chi connectivity index (χ4n) is 3.38. The van der Waals surface area contributed by atoms with E-state index in [1.165, 1.54) is 12.1 Å². The van der Waals surface area contributed by atoms with Crippen LogP contribution in [0.15, 0.2) is 75.6 Å². The Kier molecular flexibility index (Phi) is 6.40. The van der Waals surface area contributed by atoms with Crippen molar-refractivity contribution in [3.8, 4) is 11.4 Å². The molecule has 0 spiro atoms. The molecule has 1 amide bonds. The molecule has 8 nitrogen and oxygen atoms in total. The summed E-state index contributed by atoms with van der Waals surface area (Å²) in [5, 5.41) is 2.81. The lowest BCUT2D eigenvalue weighted by atomic mass is 10.2. The van der Waals surface area contributed by atoms with Crippen LogP contribution in [0.2, 0.25) is 0 Å². The molecule has 0 saturated carbocycles. The number of H-pyrrole nitrogens is 1. The van der Waals surface area contributed by atoms with Crippen LogP contribution in [0.1, 0.15) is 6.42 Å². The van der Waals surface area contributed by atoms with Gasteiger partial charge in [-0.2, -0.15) is 0 Å². The Morgan fingerprint density at radius 3 is 2.38 bits per heavy atom. The molecule has 0 bridgehead atoms. The van der Waals surface area contributed by atoms with E-state index in [4.69, 9.17) is 0 Å². The van der Waals surface area contributed by atoms with E-state index in [1.807, 2.05) is 18.2 Å². The number of thioether (sulfide) groups is 1. The summed E-state index contributed by atoms with van der Waals surface area (Å²) in [6.45, 7) is 0. The Morgan fingerprint density at radius 1 is 1.09 bits per heavy atom. The lowest BCUT2D eigenvalue weighted by Gasteiger charge is -2.10. The van der Waals surface area contributed by atoms with Gasteiger partial charge in [0.2, 0.25) is 15.7 Å². The fraction of sp³-hybridized carbons (Fsp3) is 0.238. The van der Waals surface area contributed by atoms with E-state index in [0.29, 0.717) is 17.8 Å². The number of aromatic nitrogens is 2. The molecule has 4 rings (SSSR count). The van der Waals surface area contributed by atoms with Gasteiger partial charge in [-0.05, 0) is 18.6 Å². The average molecular weight is 492 g/mol. The largest absolute Gasteiger partial charge is 0.352 e. The monoisotopic (exact) mass is 491 g/mol. The minimum Gasteiger partial charge on any atom is -0.352 e. The standard InChI is InChI=1S/C21H21N3O5S3/c25-18(22-16-11-12-31(26,27)14-16)13-30-20-21(32(28,29)17-9-5-2-6-10-17)24-19(23-20)15-7-3-1-4-8-15/h1-10,16H,11-14H2,(H,22,25)(H,23,24)/t16-/m1/s1. The number of carbonyl (C=O) groups is 1. The Morgan fingerprint density at radius 2 is 1.75 bits per heavy atom. The maximum atomic E-state index is 13.2. The first-order valence-electron chi connectivity index (χ1n) is 9.83. The number of amides is 1. The first kappa shape index (κ1) is 22.6. The summed E-state index contributed by atoms with van der Waals surface area (Å²) in [7, 11) is -7.00. The highest BCUT2D eigenvalue weighted by Gasteiger charge is 2.30. The van der Waals surface area contributed by atoms with Gasteiger partial charge in [0.1, 0.15) is 10.9 Å². The van der Waals surface area contributed by atoms with Gasteiger partial charge in [-0.1, -0.05) is 60.3 Å². The van der Waals surface area contributed by atoms with Crippen LogP contribution in [-0.4, -0.2) is 56.0 Å². The molecule has 1 saturated heterocycles. The van der Waals surface area contributed by atoms with E-state index < -0.39 is 25.7 Å². The van der Waals surface area contributed by atoms with Gasteiger partial charge < -0.3 is 10.3 Å². The Labute approximate surface area is 190 Å². The van der Waals surface area contributed by atoms with Crippen molar-refractivity contribution >= 4 is 37.3 Å². The number of benzene rings is 2. The predicted octanol–water partition coefficient (Wildman–Crippen LogP) is 2.30. The highest BCUT2D eigenvalue weighted by atomic mass is 32.2. The van der Waals surface area contributed by atoms with Crippen LogP contribution in [0.3, 0.4) is 0 Å². The lowest BCUT2D eigenvalue weighted by Crippen LogP contribution is -2.36. The second-order valence-corrected chi connectivity index (χ2v) is 12.4. The van der Waals surface area contributed by atoms with Crippen LogP contribution in [0.4, 0.5) is 0 Å². The van der Waals surface area contributed by atoms with E-state index in [1.54, 1.807) is 30.3 Å². The van der Waals surface area contributed by atoms with Crippen LogP contribution in [-0.2, 0) is 24.5 Å². The molecule has 1 fully saturated rings. The van der Waals surface area contributed by atoms with E-state index in [-0.39, 0.29) is 38.1 Å². The summed E-state index contributed by atoms with van der Waals surface area (Å²) >= 11 is 0.992. The van der Waals surface area contributed by atoms with Crippen molar-refractivity contribution in [3.63, 3.8) is 0 Å². The van der Waals surface area contributed by atoms with Crippen LogP contribution in [0.5, 0.6) is 0 Å². The molecule has 1 aliphatic rings. The molecule has 2 heterocycles. The first-order chi connectivity index (χ1) is 15.2. The highest BCUT2D eigenvalue weighted by molar-refractivity contribution is 8.00. The maximum absolute atomic E-state index is 13.2. The molecule has 3 aromatic rings. The smallest absolute Gasteiger partial charge is 0.230 e. The number of hydrogen-bond acceptors (Lipinski definition) is 7. The minimum atomic E-state index is -3.89. The van der Waals surface area contributed by atoms with Gasteiger partial charge in [-0.25, -0.2) is 21.8 Å². The number of hydrogen-bond donors (Lipinski definition) is 2. The minimum absolute atomic E-state index is 0.0599. The summed E-state index contributed by atoms with van der Waals surface area (Å²) < 4.78 is 49.7. The van der Waals surface area contributed by atoms with Crippen LogP contribution < -0.4 is 5.32 Å². The number of aromatic amines is 1. The van der Waals surface area contributed by atoms with Crippen LogP contribution in [0.25, 0.3) is 11.4 Å². The number of imidazole rings is 1. The summed E-state index contributed by atoms with van der Waals surface area (Å²) in [5.41, 5.74) is 0.712. The van der Waals surface area contributed by atoms with Gasteiger partial charge in [-0.15, -0.1) is 0 Å². The Bertz CT molecular complexity index is 1320. The molecule has 0 aliphatic carbocycles. The quantitative estimate of drug-likeness (QED) is 0.486. The molecule has 32 heavy (non-hydrogen) atoms. The van der Waals surface area contributed by atoms with Crippen molar-refractivity contribution in [2.45, 2.75) is 27.4 Å². The van der Waals surface area contributed by atoms with E-state index in [9.17, 15) is 21.6 Å². The van der Waals surface area contributed by atoms with E-state index in [0.717, 1.165) is 11.8 Å². The van der Waals surface area contributed by atoms with E-state index >= 15 is 0 Å². The molecule has 1 aliphatic heterocycles. The van der Waals surface area contributed by atoms with Gasteiger partial charge in [0.25, 0.3) is 0 Å². The lowest BCUT2D eigenvalue weighted by molar-refractivity contribution is -0.119. The highest BCUT2D eigenvalue weighted by Crippen LogP contribution is 2.32. The van der Waals surface area contributed by atoms with Crippen molar-refractivity contribution in [1.82, 2.24) is 15.3 Å². The molecule has 0 radical (unpaired) electrons. The van der Waals surface area contributed by atoms with Gasteiger partial charge in [0.05, 0.1) is 22.2 Å². The molecule has 168 valence electrons. The Hall–Kier alpha value is -2.63. The van der Waals surface area contributed by atoms with Gasteiger partial charge >= 0.3 is 0 Å². The van der Waals surface area contributed by atoms with Crippen molar-refractivity contribution in [2.75, 3.05) is 17.3 Å². The van der Waals surface area contributed by atoms with Gasteiger partial charge in [0.15, 0.2) is 14.9 Å². The van der Waals surface area contributed by atoms with Crippen LogP contribution >= 0.6 is 11.8 Å². The predicted molar refractivity (Wildman–Crippen MR) is 122 cm³/mol. The summed E-state index contributed by atoms with van der Waals surface area (Å²) in [6.07, 6.45) is 0.382. The summed E-state index contributed by atoms with van der Waals surface area (Å²) in [4.78, 5) is 19.9. The van der Waals surface area contributed by atoms with Crippen molar-refractivity contribution < 1.29 is 21.6 Å². The summed E-state index contributed by atoms with van der Waals surface area (Å²) in [5.74, 6) is -0.0936. The molecule has 11 heteroatoms. The van der Waals surface area contributed by atoms with Gasteiger partial charge in [-0.3, -0.25) is 4.79 Å². The van der Waals surface area contributed by atoms with Crippen molar-refractivity contribution in [1.29, 1.82) is 0 Å². The number of nitrogens with zero attached hydrogens (tertiary/aromatic N) is 1. The van der Waals surface area contributed by atoms with Gasteiger partial charge in [0, 0.05) is 11.6 Å². The Balaban J connectivity index is 1.59. The third kappa shape index (κ3) is 5.05. The SMILES string of the molecule is O=C(CSc1nc(-c2ccccc2)[nH]c1S(=O)(=O)c1ccccc1)N[C@@H]1CCS(=O)(=O)C1. The third-order valence-electron chi connectivity index (χ3n) is 4.95. The fourth-order valence-corrected chi connectivity index (χ4v) is 7.51. The maximum Gasteiger partial charge on any atom is 0.230 e. The third-order valence-corrected chi connectivity index (χ3v) is 9.54. The zero-order chi connectivity index (χ0) is 22.8. The molecule has 0 unspecified atom stereocenters. The van der Waals surface area contributed by atoms with Crippen molar-refractivity contribution in [2.24, 2.45) is 0 Å². The molecule has 2 aromatic carbocycles. The van der Waals surface area contributed by atoms with E-state index in [2.05, 4.69) is 15.3 Å². The molecule has 1 aromatic heterocycles. The topological polar surface area (TPSA) is 126 Å². The number of carbonyl (C=O) groups excluding carboxylic acids is 1.